The van der Waals surface area contributed by atoms with Gasteiger partial charge in [-0.25, -0.2) is 0 Å². The maximum Gasteiger partial charge on any atom is 0.223 e. The lowest BCUT2D eigenvalue weighted by Crippen LogP contribution is -2.36. The van der Waals surface area contributed by atoms with Crippen LogP contribution in [0, 0.1) is 17.3 Å². The number of nitrogens with one attached hydrogen (secondary N) is 1. The summed E-state index contributed by atoms with van der Waals surface area (Å²) < 4.78 is 4.86. The second-order valence-electron chi connectivity index (χ2n) is 7.10. The van der Waals surface area contributed by atoms with Gasteiger partial charge in [-0.15, -0.1) is 0 Å². The van der Waals surface area contributed by atoms with Crippen LogP contribution in [0.4, 0.5) is 0 Å². The Hall–Kier alpha value is -0.610. The largest absolute Gasteiger partial charge is 0.391 e. The van der Waals surface area contributed by atoms with Crippen LogP contribution in [0.2, 0.25) is 0 Å². The van der Waals surface area contributed by atoms with Gasteiger partial charge < -0.3 is 15.2 Å². The Bertz CT molecular complexity index is 291. The molecular formula is C16H31NO3. The van der Waals surface area contributed by atoms with E-state index in [2.05, 4.69) is 26.1 Å². The highest BCUT2D eigenvalue weighted by atomic mass is 16.5. The summed E-state index contributed by atoms with van der Waals surface area (Å²) in [4.78, 5) is 12.1. The van der Waals surface area contributed by atoms with Crippen LogP contribution in [-0.2, 0) is 9.53 Å². The first-order chi connectivity index (χ1) is 9.34. The summed E-state index contributed by atoms with van der Waals surface area (Å²) in [5.74, 6) is 1.05. The smallest absolute Gasteiger partial charge is 0.223 e. The molecule has 1 atom stereocenters. The van der Waals surface area contributed by atoms with E-state index in [1.807, 2.05) is 0 Å². The Morgan fingerprint density at radius 3 is 2.40 bits per heavy atom. The van der Waals surface area contributed by atoms with E-state index in [1.54, 1.807) is 7.11 Å². The van der Waals surface area contributed by atoms with E-state index in [-0.39, 0.29) is 11.8 Å². The zero-order valence-electron chi connectivity index (χ0n) is 13.4. The fourth-order valence-corrected chi connectivity index (χ4v) is 3.00. The molecule has 1 saturated carbocycles. The number of aliphatic hydroxyl groups excluding tert-OH is 1. The average molecular weight is 285 g/mol. The Labute approximate surface area is 123 Å². The predicted octanol–water partition coefficient (Wildman–Crippen LogP) is 2.35. The highest BCUT2D eigenvalue weighted by Gasteiger charge is 2.32. The van der Waals surface area contributed by atoms with Crippen LogP contribution >= 0.6 is 0 Å². The number of hydrogen-bond donors (Lipinski definition) is 2. The van der Waals surface area contributed by atoms with Crippen LogP contribution < -0.4 is 5.32 Å². The number of amides is 1. The number of aliphatic hydroxyl groups is 1. The van der Waals surface area contributed by atoms with Crippen molar-refractivity contribution in [3.05, 3.63) is 0 Å². The highest BCUT2D eigenvalue weighted by Crippen LogP contribution is 2.39. The molecule has 4 nitrogen and oxygen atoms in total. The van der Waals surface area contributed by atoms with Crippen molar-refractivity contribution in [1.29, 1.82) is 0 Å². The number of rotatable bonds is 6. The van der Waals surface area contributed by atoms with Gasteiger partial charge in [-0.05, 0) is 43.4 Å². The van der Waals surface area contributed by atoms with Crippen molar-refractivity contribution in [2.45, 2.75) is 59.0 Å². The van der Waals surface area contributed by atoms with Gasteiger partial charge >= 0.3 is 0 Å². The van der Waals surface area contributed by atoms with Crippen LogP contribution in [0.1, 0.15) is 52.9 Å². The molecule has 2 N–H and O–H groups in total. The summed E-state index contributed by atoms with van der Waals surface area (Å²) in [5.41, 5.74) is 0.353. The molecule has 20 heavy (non-hydrogen) atoms. The number of carbonyl (C=O) groups excluding carboxylic acids is 1. The zero-order valence-corrected chi connectivity index (χ0v) is 13.4. The molecule has 0 aromatic carbocycles. The van der Waals surface area contributed by atoms with E-state index in [0.29, 0.717) is 25.0 Å². The SMILES string of the molecule is COCC(O)CCNC(=O)C1CCC(C(C)(C)C)CC1. The van der Waals surface area contributed by atoms with Crippen molar-refractivity contribution in [3.63, 3.8) is 0 Å². The minimum atomic E-state index is -0.489. The fourth-order valence-electron chi connectivity index (χ4n) is 3.00. The van der Waals surface area contributed by atoms with Crippen LogP contribution in [0.15, 0.2) is 0 Å². The molecule has 0 spiro atoms. The number of ether oxygens (including phenoxy) is 1. The molecule has 0 heterocycles. The van der Waals surface area contributed by atoms with Gasteiger partial charge in [-0.3, -0.25) is 4.79 Å². The van der Waals surface area contributed by atoms with E-state index in [1.165, 1.54) is 0 Å². The second kappa shape index (κ2) is 7.99. The van der Waals surface area contributed by atoms with Gasteiger partial charge in [0.15, 0.2) is 0 Å². The van der Waals surface area contributed by atoms with E-state index in [0.717, 1.165) is 31.6 Å². The zero-order chi connectivity index (χ0) is 15.2. The van der Waals surface area contributed by atoms with Gasteiger partial charge in [0, 0.05) is 19.6 Å². The summed E-state index contributed by atoms with van der Waals surface area (Å²) in [6.45, 7) is 7.72. The molecule has 0 aromatic heterocycles. The van der Waals surface area contributed by atoms with Crippen molar-refractivity contribution in [3.8, 4) is 0 Å². The van der Waals surface area contributed by atoms with Gasteiger partial charge in [0.2, 0.25) is 5.91 Å². The molecule has 0 aromatic rings. The molecule has 1 rings (SSSR count). The van der Waals surface area contributed by atoms with Gasteiger partial charge in [-0.1, -0.05) is 20.8 Å². The molecule has 1 fully saturated rings. The lowest BCUT2D eigenvalue weighted by Gasteiger charge is -2.36. The Balaban J connectivity index is 2.23. The van der Waals surface area contributed by atoms with Crippen LogP contribution in [0.25, 0.3) is 0 Å². The third-order valence-corrected chi connectivity index (χ3v) is 4.46. The molecule has 0 radical (unpaired) electrons. The van der Waals surface area contributed by atoms with Crippen molar-refractivity contribution >= 4 is 5.91 Å². The Kier molecular flexibility index (Phi) is 6.96. The van der Waals surface area contributed by atoms with E-state index in [4.69, 9.17) is 4.74 Å². The van der Waals surface area contributed by atoms with E-state index < -0.39 is 6.10 Å². The third kappa shape index (κ3) is 5.80. The first-order valence-electron chi connectivity index (χ1n) is 7.79. The first kappa shape index (κ1) is 17.4. The Morgan fingerprint density at radius 1 is 1.30 bits per heavy atom. The topological polar surface area (TPSA) is 58.6 Å². The Morgan fingerprint density at radius 2 is 1.90 bits per heavy atom. The van der Waals surface area contributed by atoms with Crippen molar-refractivity contribution in [2.75, 3.05) is 20.3 Å². The number of hydrogen-bond acceptors (Lipinski definition) is 3. The quantitative estimate of drug-likeness (QED) is 0.787. The van der Waals surface area contributed by atoms with Gasteiger partial charge in [0.25, 0.3) is 0 Å². The standard InChI is InChI=1S/C16H31NO3/c1-16(2,3)13-7-5-12(6-8-13)15(19)17-10-9-14(18)11-20-4/h12-14,18H,5-11H2,1-4H3,(H,17,19). The van der Waals surface area contributed by atoms with Gasteiger partial charge in [0.1, 0.15) is 0 Å². The molecule has 0 aliphatic heterocycles. The lowest BCUT2D eigenvalue weighted by molar-refractivity contribution is -0.126. The average Bonchev–Trinajstić information content (AvgIpc) is 2.38. The van der Waals surface area contributed by atoms with E-state index in [9.17, 15) is 9.90 Å². The molecular weight excluding hydrogens is 254 g/mol. The van der Waals surface area contributed by atoms with Gasteiger partial charge in [0.05, 0.1) is 12.7 Å². The molecule has 4 heteroatoms. The lowest BCUT2D eigenvalue weighted by atomic mass is 9.69. The number of carbonyl (C=O) groups is 1. The normalized spacial score (nSPS) is 25.2. The maximum absolute atomic E-state index is 12.1. The van der Waals surface area contributed by atoms with Crippen molar-refractivity contribution < 1.29 is 14.6 Å². The summed E-state index contributed by atoms with van der Waals surface area (Å²) in [6, 6.07) is 0. The summed E-state index contributed by atoms with van der Waals surface area (Å²) in [6.07, 6.45) is 4.35. The van der Waals surface area contributed by atoms with Gasteiger partial charge in [-0.2, -0.15) is 0 Å². The van der Waals surface area contributed by atoms with E-state index >= 15 is 0 Å². The second-order valence-corrected chi connectivity index (χ2v) is 7.10. The molecule has 0 bridgehead atoms. The van der Waals surface area contributed by atoms with Crippen LogP contribution in [0.3, 0.4) is 0 Å². The molecule has 118 valence electrons. The summed E-state index contributed by atoms with van der Waals surface area (Å²) in [7, 11) is 1.56. The maximum atomic E-state index is 12.1. The molecule has 1 amide bonds. The summed E-state index contributed by atoms with van der Waals surface area (Å²) in [5, 5.41) is 12.5. The predicted molar refractivity (Wildman–Crippen MR) is 80.4 cm³/mol. The summed E-state index contributed by atoms with van der Waals surface area (Å²) >= 11 is 0. The van der Waals surface area contributed by atoms with Crippen LogP contribution in [0.5, 0.6) is 0 Å². The monoisotopic (exact) mass is 285 g/mol. The highest BCUT2D eigenvalue weighted by molar-refractivity contribution is 5.78. The minimum Gasteiger partial charge on any atom is -0.391 e. The van der Waals surface area contributed by atoms with Crippen LogP contribution in [-0.4, -0.2) is 37.4 Å². The molecule has 1 aliphatic carbocycles. The third-order valence-electron chi connectivity index (χ3n) is 4.46. The van der Waals surface area contributed by atoms with Crippen molar-refractivity contribution in [1.82, 2.24) is 5.32 Å². The molecule has 1 unspecified atom stereocenters. The first-order valence-corrected chi connectivity index (χ1v) is 7.79. The van der Waals surface area contributed by atoms with Crippen molar-refractivity contribution in [2.24, 2.45) is 17.3 Å². The number of methoxy groups -OCH3 is 1. The molecule has 1 aliphatic rings. The molecule has 0 saturated heterocycles. The minimum absolute atomic E-state index is 0.155. The fraction of sp³-hybridized carbons (Fsp3) is 0.938.